The van der Waals surface area contributed by atoms with E-state index in [1.54, 1.807) is 0 Å². The molecule has 0 bridgehead atoms. The van der Waals surface area contributed by atoms with Crippen molar-refractivity contribution in [3.63, 3.8) is 0 Å². The monoisotopic (exact) mass is 451 g/mol. The third-order valence-electron chi connectivity index (χ3n) is 4.99. The minimum absolute atomic E-state index is 0.0345. The lowest BCUT2D eigenvalue weighted by Crippen LogP contribution is -2.50. The zero-order chi connectivity index (χ0) is 24.2. The minimum atomic E-state index is -0.952. The van der Waals surface area contributed by atoms with Crippen LogP contribution in [0.2, 0.25) is 0 Å². The average Bonchev–Trinajstić information content (AvgIpc) is 3.22. The van der Waals surface area contributed by atoms with Gasteiger partial charge >= 0.3 is 5.97 Å². The number of nitrogens with one attached hydrogen (secondary N) is 1. The maximum absolute atomic E-state index is 13.5. The molecule has 9 heteroatoms. The fraction of sp³-hybridized carbons (Fsp3) is 0.458. The predicted octanol–water partition coefficient (Wildman–Crippen LogP) is 3.33. The Balaban J connectivity index is 2.41. The highest BCUT2D eigenvalue weighted by Crippen LogP contribution is 2.22. The van der Waals surface area contributed by atoms with E-state index in [1.807, 2.05) is 56.4 Å². The molecule has 0 fully saturated rings. The Morgan fingerprint density at radius 1 is 1.18 bits per heavy atom. The van der Waals surface area contributed by atoms with Crippen LogP contribution in [0.5, 0.6) is 0 Å². The number of aromatic nitrogens is 1. The number of amides is 1. The number of carbonyl (C=O) groups is 2. The molecular formula is C24H29N5O4. The second-order valence-corrected chi connectivity index (χ2v) is 7.89. The number of carbonyl (C=O) groups excluding carboxylic acids is 2. The second-order valence-electron chi connectivity index (χ2n) is 7.89. The van der Waals surface area contributed by atoms with Gasteiger partial charge in [-0.1, -0.05) is 37.2 Å². The lowest BCUT2D eigenvalue weighted by molar-refractivity contribution is -0.150. The number of rotatable bonds is 12. The molecule has 2 rings (SSSR count). The molecule has 0 aliphatic rings. The summed E-state index contributed by atoms with van der Waals surface area (Å²) in [4.78, 5) is 36.0. The van der Waals surface area contributed by atoms with Crippen molar-refractivity contribution in [3.8, 4) is 12.1 Å². The van der Waals surface area contributed by atoms with Crippen LogP contribution in [-0.2, 0) is 25.6 Å². The number of oxime groups is 1. The quantitative estimate of drug-likeness (QED) is 0.228. The third kappa shape index (κ3) is 7.08. The van der Waals surface area contributed by atoms with Crippen LogP contribution < -0.4 is 0 Å². The maximum atomic E-state index is 13.5. The lowest BCUT2D eigenvalue weighted by atomic mass is 10.0. The fourth-order valence-electron chi connectivity index (χ4n) is 3.47. The van der Waals surface area contributed by atoms with E-state index in [9.17, 15) is 9.59 Å². The van der Waals surface area contributed by atoms with E-state index in [-0.39, 0.29) is 44.0 Å². The largest absolute Gasteiger partial charge is 0.467 e. The standard InChI is InChI=1S/C24H29N5O4/c1-17(2)14-21(28-33-13-7-11-26)23(30)29(12-6-10-25)22(24(31)32-3)15-18-16-27-20-9-5-4-8-19(18)20/h4-5,8-9,16-17,22,27H,6-7,12-15H2,1-3H3/b28-21+. The molecule has 1 atom stereocenters. The van der Waals surface area contributed by atoms with Crippen molar-refractivity contribution in [2.24, 2.45) is 11.1 Å². The summed E-state index contributed by atoms with van der Waals surface area (Å²) < 4.78 is 5.03. The predicted molar refractivity (Wildman–Crippen MR) is 123 cm³/mol. The fourth-order valence-corrected chi connectivity index (χ4v) is 3.47. The number of esters is 1. The molecule has 33 heavy (non-hydrogen) atoms. The SMILES string of the molecule is COC(=O)C(Cc1c[nH]c2ccccc12)N(CCC#N)C(=O)/C(CC(C)C)=N/OCCC#N. The number of fused-ring (bicyclic) bond motifs is 1. The van der Waals surface area contributed by atoms with Gasteiger partial charge in [0.25, 0.3) is 5.91 Å². The first kappa shape index (κ1) is 25.4. The van der Waals surface area contributed by atoms with Crippen molar-refractivity contribution in [1.82, 2.24) is 9.88 Å². The Hall–Kier alpha value is -3.85. The molecule has 2 aromatic rings. The van der Waals surface area contributed by atoms with Gasteiger partial charge in [-0.2, -0.15) is 10.5 Å². The van der Waals surface area contributed by atoms with Crippen LogP contribution in [-0.4, -0.2) is 53.8 Å². The third-order valence-corrected chi connectivity index (χ3v) is 4.99. The Kier molecular flexibility index (Phi) is 9.91. The van der Waals surface area contributed by atoms with Crippen molar-refractivity contribution in [3.05, 3.63) is 36.0 Å². The summed E-state index contributed by atoms with van der Waals surface area (Å²) in [5, 5.41) is 22.8. The molecule has 1 aromatic carbocycles. The highest BCUT2D eigenvalue weighted by Gasteiger charge is 2.34. The van der Waals surface area contributed by atoms with E-state index in [0.29, 0.717) is 6.42 Å². The molecule has 1 heterocycles. The first-order chi connectivity index (χ1) is 15.9. The van der Waals surface area contributed by atoms with E-state index in [2.05, 4.69) is 10.1 Å². The van der Waals surface area contributed by atoms with Crippen LogP contribution in [0.25, 0.3) is 10.9 Å². The van der Waals surface area contributed by atoms with Gasteiger partial charge < -0.3 is 19.5 Å². The number of ether oxygens (including phenoxy) is 1. The molecule has 1 aromatic heterocycles. The summed E-state index contributed by atoms with van der Waals surface area (Å²) in [5.41, 5.74) is 1.90. The number of hydrogen-bond donors (Lipinski definition) is 1. The molecule has 174 valence electrons. The van der Waals surface area contributed by atoms with E-state index in [4.69, 9.17) is 20.1 Å². The normalized spacial score (nSPS) is 12.1. The Morgan fingerprint density at radius 2 is 1.91 bits per heavy atom. The average molecular weight is 452 g/mol. The van der Waals surface area contributed by atoms with Gasteiger partial charge in [0.15, 0.2) is 0 Å². The summed E-state index contributed by atoms with van der Waals surface area (Å²) in [6, 6.07) is 10.7. The van der Waals surface area contributed by atoms with Crippen LogP contribution in [0.15, 0.2) is 35.6 Å². The molecule has 0 aliphatic carbocycles. The van der Waals surface area contributed by atoms with Crippen LogP contribution in [0, 0.1) is 28.6 Å². The van der Waals surface area contributed by atoms with Crippen molar-refractivity contribution in [1.29, 1.82) is 10.5 Å². The van der Waals surface area contributed by atoms with Crippen molar-refractivity contribution < 1.29 is 19.2 Å². The number of methoxy groups -OCH3 is 1. The molecule has 0 saturated carbocycles. The number of hydrogen-bond acceptors (Lipinski definition) is 7. The molecular weight excluding hydrogens is 422 g/mol. The zero-order valence-electron chi connectivity index (χ0n) is 19.2. The van der Waals surface area contributed by atoms with E-state index < -0.39 is 17.9 Å². The number of para-hydroxylation sites is 1. The summed E-state index contributed by atoms with van der Waals surface area (Å²) >= 11 is 0. The van der Waals surface area contributed by atoms with E-state index in [1.165, 1.54) is 12.0 Å². The molecule has 1 amide bonds. The maximum Gasteiger partial charge on any atom is 0.328 e. The number of H-pyrrole nitrogens is 1. The highest BCUT2D eigenvalue weighted by molar-refractivity contribution is 6.39. The van der Waals surface area contributed by atoms with Crippen LogP contribution in [0.3, 0.4) is 0 Å². The van der Waals surface area contributed by atoms with Crippen LogP contribution in [0.4, 0.5) is 0 Å². The number of nitrogens with zero attached hydrogens (tertiary/aromatic N) is 4. The van der Waals surface area contributed by atoms with E-state index in [0.717, 1.165) is 16.5 Å². The van der Waals surface area contributed by atoms with Gasteiger partial charge in [0.1, 0.15) is 18.4 Å². The van der Waals surface area contributed by atoms with Gasteiger partial charge in [0, 0.05) is 36.5 Å². The van der Waals surface area contributed by atoms with Gasteiger partial charge in [0.2, 0.25) is 0 Å². The first-order valence-electron chi connectivity index (χ1n) is 10.8. The first-order valence-corrected chi connectivity index (χ1v) is 10.8. The molecule has 0 aliphatic heterocycles. The lowest BCUT2D eigenvalue weighted by Gasteiger charge is -2.30. The molecule has 0 spiro atoms. The summed E-state index contributed by atoms with van der Waals surface area (Å²) in [6.07, 6.45) is 2.50. The topological polar surface area (TPSA) is 132 Å². The number of aromatic amines is 1. The Labute approximate surface area is 193 Å². The summed E-state index contributed by atoms with van der Waals surface area (Å²) in [6.45, 7) is 3.95. The number of nitriles is 2. The van der Waals surface area contributed by atoms with Crippen molar-refractivity contribution in [2.45, 2.75) is 45.6 Å². The molecule has 1 N–H and O–H groups in total. The van der Waals surface area contributed by atoms with Crippen LogP contribution >= 0.6 is 0 Å². The smallest absolute Gasteiger partial charge is 0.328 e. The van der Waals surface area contributed by atoms with Crippen LogP contribution in [0.1, 0.15) is 38.7 Å². The molecule has 0 saturated heterocycles. The van der Waals surface area contributed by atoms with Gasteiger partial charge in [-0.25, -0.2) is 4.79 Å². The highest BCUT2D eigenvalue weighted by atomic mass is 16.6. The summed E-state index contributed by atoms with van der Waals surface area (Å²) in [5.74, 6) is -0.984. The van der Waals surface area contributed by atoms with Crippen molar-refractivity contribution >= 4 is 28.5 Å². The zero-order valence-corrected chi connectivity index (χ0v) is 19.2. The van der Waals surface area contributed by atoms with Crippen molar-refractivity contribution in [2.75, 3.05) is 20.3 Å². The summed E-state index contributed by atoms with van der Waals surface area (Å²) in [7, 11) is 1.27. The minimum Gasteiger partial charge on any atom is -0.467 e. The van der Waals surface area contributed by atoms with Gasteiger partial charge in [-0.15, -0.1) is 0 Å². The Morgan fingerprint density at radius 3 is 2.58 bits per heavy atom. The van der Waals surface area contributed by atoms with E-state index >= 15 is 0 Å². The molecule has 9 nitrogen and oxygen atoms in total. The van der Waals surface area contributed by atoms with Gasteiger partial charge in [-0.05, 0) is 17.5 Å². The Bertz CT molecular complexity index is 1060. The van der Waals surface area contributed by atoms with Gasteiger partial charge in [-0.3, -0.25) is 4.79 Å². The molecule has 0 radical (unpaired) electrons. The second kappa shape index (κ2) is 12.9. The number of benzene rings is 1. The van der Waals surface area contributed by atoms with Gasteiger partial charge in [0.05, 0.1) is 32.1 Å². The molecule has 1 unspecified atom stereocenters.